The number of fused-ring (bicyclic) bond motifs is 1. The van der Waals surface area contributed by atoms with Crippen molar-refractivity contribution in [3.63, 3.8) is 0 Å². The van der Waals surface area contributed by atoms with Crippen molar-refractivity contribution in [2.45, 2.75) is 59.4 Å². The Hall–Kier alpha value is -1.57. The zero-order chi connectivity index (χ0) is 20.4. The van der Waals surface area contributed by atoms with Gasteiger partial charge in [-0.2, -0.15) is 0 Å². The van der Waals surface area contributed by atoms with E-state index in [0.717, 1.165) is 34.3 Å². The van der Waals surface area contributed by atoms with Crippen LogP contribution in [-0.4, -0.2) is 39.9 Å². The third-order valence-corrected chi connectivity index (χ3v) is 5.07. The van der Waals surface area contributed by atoms with E-state index < -0.39 is 0 Å². The highest BCUT2D eigenvalue weighted by atomic mass is 35.5. The minimum absolute atomic E-state index is 0. The number of amides is 1. The molecule has 0 aliphatic rings. The van der Waals surface area contributed by atoms with E-state index >= 15 is 0 Å². The number of hydrogen-bond donors (Lipinski definition) is 2. The molecule has 1 atom stereocenters. The zero-order valence-electron chi connectivity index (χ0n) is 18.5. The summed E-state index contributed by atoms with van der Waals surface area (Å²) in [5, 5.41) is 8.40. The summed E-state index contributed by atoms with van der Waals surface area (Å²) >= 11 is 0. The fourth-order valence-corrected chi connectivity index (χ4v) is 3.83. The number of halogens is 2. The van der Waals surface area contributed by atoms with E-state index in [2.05, 4.69) is 29.2 Å². The van der Waals surface area contributed by atoms with Crippen molar-refractivity contribution in [3.05, 3.63) is 16.8 Å². The molecule has 0 aliphatic heterocycles. The van der Waals surface area contributed by atoms with E-state index in [-0.39, 0.29) is 36.3 Å². The molecule has 2 rings (SSSR count). The van der Waals surface area contributed by atoms with Crippen molar-refractivity contribution in [1.29, 1.82) is 0 Å². The SMILES string of the molecule is COc1nn(C)c2nc(C)c(CCC(=O)NC(C)(CN)CC(C)C)c(C)c12.Cl.Cl. The number of carbonyl (C=O) groups excluding carboxylic acids is 1. The normalized spacial score (nSPS) is 12.9. The van der Waals surface area contributed by atoms with Crippen LogP contribution in [-0.2, 0) is 18.3 Å². The van der Waals surface area contributed by atoms with E-state index in [1.807, 2.05) is 27.8 Å². The van der Waals surface area contributed by atoms with Crippen molar-refractivity contribution in [1.82, 2.24) is 20.1 Å². The van der Waals surface area contributed by atoms with Gasteiger partial charge in [0.05, 0.1) is 12.5 Å². The molecule has 0 fully saturated rings. The molecule has 1 unspecified atom stereocenters. The Kier molecular flexibility index (Phi) is 10.4. The second-order valence-corrected chi connectivity index (χ2v) is 8.04. The molecule has 0 aliphatic carbocycles. The Morgan fingerprint density at radius 2 is 1.93 bits per heavy atom. The fourth-order valence-electron chi connectivity index (χ4n) is 3.83. The van der Waals surface area contributed by atoms with Crippen LogP contribution in [0, 0.1) is 19.8 Å². The van der Waals surface area contributed by atoms with Gasteiger partial charge < -0.3 is 15.8 Å². The number of hydrogen-bond acceptors (Lipinski definition) is 5. The predicted octanol–water partition coefficient (Wildman–Crippen LogP) is 3.25. The number of aromatic nitrogens is 3. The average Bonchev–Trinajstić information content (AvgIpc) is 2.90. The van der Waals surface area contributed by atoms with Crippen LogP contribution < -0.4 is 15.8 Å². The highest BCUT2D eigenvalue weighted by Crippen LogP contribution is 2.30. The van der Waals surface area contributed by atoms with Gasteiger partial charge in [0.1, 0.15) is 0 Å². The molecular formula is C20H35Cl2N5O2. The highest BCUT2D eigenvalue weighted by Gasteiger charge is 2.26. The van der Waals surface area contributed by atoms with Gasteiger partial charge in [-0.05, 0) is 50.7 Å². The molecule has 2 aromatic heterocycles. The molecule has 0 saturated carbocycles. The monoisotopic (exact) mass is 447 g/mol. The van der Waals surface area contributed by atoms with Crippen LogP contribution in [0.2, 0.25) is 0 Å². The topological polar surface area (TPSA) is 95.1 Å². The lowest BCUT2D eigenvalue weighted by Crippen LogP contribution is -2.52. The van der Waals surface area contributed by atoms with Crippen LogP contribution in [0.3, 0.4) is 0 Å². The van der Waals surface area contributed by atoms with Crippen LogP contribution in [0.25, 0.3) is 11.0 Å². The van der Waals surface area contributed by atoms with Gasteiger partial charge >= 0.3 is 0 Å². The summed E-state index contributed by atoms with van der Waals surface area (Å²) in [4.78, 5) is 17.2. The molecule has 166 valence electrons. The highest BCUT2D eigenvalue weighted by molar-refractivity contribution is 5.86. The number of nitrogens with zero attached hydrogens (tertiary/aromatic N) is 3. The van der Waals surface area contributed by atoms with E-state index in [1.54, 1.807) is 11.8 Å². The number of ether oxygens (including phenoxy) is 1. The first-order valence-electron chi connectivity index (χ1n) is 9.49. The van der Waals surface area contributed by atoms with Crippen molar-refractivity contribution < 1.29 is 9.53 Å². The molecule has 9 heteroatoms. The van der Waals surface area contributed by atoms with Gasteiger partial charge in [-0.25, -0.2) is 9.67 Å². The quantitative estimate of drug-likeness (QED) is 0.647. The second kappa shape index (κ2) is 11.0. The van der Waals surface area contributed by atoms with Crippen molar-refractivity contribution in [2.24, 2.45) is 18.7 Å². The molecule has 0 aromatic carbocycles. The number of carbonyl (C=O) groups is 1. The Bertz CT molecular complexity index is 838. The lowest BCUT2D eigenvalue weighted by Gasteiger charge is -2.31. The first kappa shape index (κ1) is 27.4. The van der Waals surface area contributed by atoms with Gasteiger partial charge in [0.15, 0.2) is 5.65 Å². The van der Waals surface area contributed by atoms with Gasteiger partial charge in [-0.3, -0.25) is 4.79 Å². The maximum absolute atomic E-state index is 12.6. The number of nitrogens with one attached hydrogen (secondary N) is 1. The second-order valence-electron chi connectivity index (χ2n) is 8.04. The molecular weight excluding hydrogens is 413 g/mol. The number of rotatable bonds is 8. The number of aryl methyl sites for hydroxylation is 3. The van der Waals surface area contributed by atoms with E-state index in [0.29, 0.717) is 31.2 Å². The summed E-state index contributed by atoms with van der Waals surface area (Å²) < 4.78 is 7.13. The summed E-state index contributed by atoms with van der Waals surface area (Å²) in [6, 6.07) is 0. The molecule has 29 heavy (non-hydrogen) atoms. The molecule has 0 bridgehead atoms. The Morgan fingerprint density at radius 3 is 2.45 bits per heavy atom. The third kappa shape index (κ3) is 6.20. The summed E-state index contributed by atoms with van der Waals surface area (Å²) in [7, 11) is 3.46. The fraction of sp³-hybridized carbons (Fsp3) is 0.650. The summed E-state index contributed by atoms with van der Waals surface area (Å²) in [6.07, 6.45) is 1.87. The standard InChI is InChI=1S/C20H33N5O2.2ClH/c1-12(2)10-20(5,11-21)23-16(26)9-8-15-13(3)17-18(22-14(15)4)25(6)24-19(17)27-7;;/h12H,8-11,21H2,1-7H3,(H,23,26);2*1H. The van der Waals surface area contributed by atoms with Gasteiger partial charge in [-0.15, -0.1) is 29.9 Å². The molecule has 2 aromatic rings. The smallest absolute Gasteiger partial charge is 0.242 e. The lowest BCUT2D eigenvalue weighted by molar-refractivity contribution is -0.122. The minimum Gasteiger partial charge on any atom is -0.479 e. The van der Waals surface area contributed by atoms with Gasteiger partial charge in [0.25, 0.3) is 0 Å². The van der Waals surface area contributed by atoms with E-state index in [1.165, 1.54) is 0 Å². The van der Waals surface area contributed by atoms with Crippen molar-refractivity contribution >= 4 is 41.8 Å². The molecule has 3 N–H and O–H groups in total. The van der Waals surface area contributed by atoms with E-state index in [4.69, 9.17) is 10.5 Å². The Balaban J connectivity index is 0.00000392. The van der Waals surface area contributed by atoms with Crippen LogP contribution in [0.15, 0.2) is 0 Å². The maximum atomic E-state index is 12.6. The van der Waals surface area contributed by atoms with Gasteiger partial charge in [0, 0.05) is 31.2 Å². The van der Waals surface area contributed by atoms with Crippen LogP contribution >= 0.6 is 24.8 Å². The first-order valence-corrected chi connectivity index (χ1v) is 9.49. The molecule has 0 saturated heterocycles. The van der Waals surface area contributed by atoms with Crippen LogP contribution in [0.5, 0.6) is 5.88 Å². The first-order chi connectivity index (χ1) is 12.6. The molecule has 0 radical (unpaired) electrons. The zero-order valence-corrected chi connectivity index (χ0v) is 20.1. The number of pyridine rings is 1. The Labute approximate surface area is 186 Å². The van der Waals surface area contributed by atoms with Gasteiger partial charge in [0.2, 0.25) is 11.8 Å². The average molecular weight is 448 g/mol. The van der Waals surface area contributed by atoms with E-state index in [9.17, 15) is 4.79 Å². The molecule has 2 heterocycles. The molecule has 0 spiro atoms. The predicted molar refractivity (Wildman–Crippen MR) is 122 cm³/mol. The summed E-state index contributed by atoms with van der Waals surface area (Å²) in [5.74, 6) is 1.05. The number of methoxy groups -OCH3 is 1. The molecule has 7 nitrogen and oxygen atoms in total. The summed E-state index contributed by atoms with van der Waals surface area (Å²) in [6.45, 7) is 10.7. The Morgan fingerprint density at radius 1 is 1.31 bits per heavy atom. The van der Waals surface area contributed by atoms with Crippen LogP contribution in [0.1, 0.15) is 50.4 Å². The van der Waals surface area contributed by atoms with Crippen molar-refractivity contribution in [2.75, 3.05) is 13.7 Å². The van der Waals surface area contributed by atoms with Crippen LogP contribution in [0.4, 0.5) is 0 Å². The molecule has 1 amide bonds. The lowest BCUT2D eigenvalue weighted by atomic mass is 9.90. The summed E-state index contributed by atoms with van der Waals surface area (Å²) in [5.41, 5.74) is 9.39. The maximum Gasteiger partial charge on any atom is 0.242 e. The third-order valence-electron chi connectivity index (χ3n) is 5.07. The minimum atomic E-state index is -0.371. The van der Waals surface area contributed by atoms with Gasteiger partial charge in [-0.1, -0.05) is 13.8 Å². The number of nitrogens with two attached hydrogens (primary N) is 1. The largest absolute Gasteiger partial charge is 0.479 e. The van der Waals surface area contributed by atoms with Crippen molar-refractivity contribution in [3.8, 4) is 5.88 Å².